The van der Waals surface area contributed by atoms with Crippen molar-refractivity contribution in [2.24, 2.45) is 0 Å². The van der Waals surface area contributed by atoms with Gasteiger partial charge < -0.3 is 14.4 Å². The predicted octanol–water partition coefficient (Wildman–Crippen LogP) is 3.72. The zero-order chi connectivity index (χ0) is 23.7. The molecule has 1 aromatic heterocycles. The van der Waals surface area contributed by atoms with Gasteiger partial charge in [-0.15, -0.1) is 0 Å². The van der Waals surface area contributed by atoms with E-state index in [9.17, 15) is 34.9 Å². The number of nitro groups is 2. The molecule has 1 atom stereocenters. The van der Waals surface area contributed by atoms with E-state index in [0.29, 0.717) is 11.3 Å². The summed E-state index contributed by atoms with van der Waals surface area (Å²) in [7, 11) is 0. The molecule has 0 aliphatic carbocycles. The number of carbonyl (C=O) groups excluding carboxylic acids is 2. The molecule has 0 spiro atoms. The van der Waals surface area contributed by atoms with Crippen LogP contribution in [0.5, 0.6) is 0 Å². The van der Waals surface area contributed by atoms with E-state index >= 15 is 0 Å². The first-order valence-electron chi connectivity index (χ1n) is 9.58. The minimum atomic E-state index is -1.10. The molecule has 1 saturated heterocycles. The topological polar surface area (TPSA) is 157 Å². The number of rotatable bonds is 6. The molecule has 4 rings (SSSR count). The molecule has 1 fully saturated rings. The lowest BCUT2D eigenvalue weighted by atomic mass is 9.95. The average molecular weight is 449 g/mol. The van der Waals surface area contributed by atoms with Gasteiger partial charge in [-0.2, -0.15) is 0 Å². The molecule has 2 heterocycles. The first kappa shape index (κ1) is 21.4. The van der Waals surface area contributed by atoms with Crippen molar-refractivity contribution in [3.63, 3.8) is 0 Å². The largest absolute Gasteiger partial charge is 0.507 e. The Bertz CT molecular complexity index is 1300. The van der Waals surface area contributed by atoms with Crippen molar-refractivity contribution in [2.45, 2.75) is 12.6 Å². The number of hydrogen-bond acceptors (Lipinski definition) is 8. The lowest BCUT2D eigenvalue weighted by Crippen LogP contribution is -2.29. The third kappa shape index (κ3) is 3.94. The second kappa shape index (κ2) is 8.38. The van der Waals surface area contributed by atoms with Gasteiger partial charge in [0.05, 0.1) is 34.3 Å². The van der Waals surface area contributed by atoms with Crippen molar-refractivity contribution >= 4 is 28.8 Å². The fourth-order valence-corrected chi connectivity index (χ4v) is 3.66. The molecule has 0 bridgehead atoms. The fourth-order valence-electron chi connectivity index (χ4n) is 3.66. The number of aliphatic hydroxyl groups is 1. The van der Waals surface area contributed by atoms with Crippen molar-refractivity contribution in [1.82, 2.24) is 4.90 Å². The quantitative estimate of drug-likeness (QED) is 0.196. The van der Waals surface area contributed by atoms with Gasteiger partial charge in [0.1, 0.15) is 11.5 Å². The van der Waals surface area contributed by atoms with Gasteiger partial charge in [0.15, 0.2) is 0 Å². The van der Waals surface area contributed by atoms with Crippen LogP contribution in [-0.4, -0.2) is 31.5 Å². The molecule has 33 heavy (non-hydrogen) atoms. The number of nitrogens with zero attached hydrogens (tertiary/aromatic N) is 3. The van der Waals surface area contributed by atoms with Crippen LogP contribution in [0.15, 0.2) is 76.9 Å². The maximum absolute atomic E-state index is 13.0. The number of hydrogen-bond donors (Lipinski definition) is 1. The average Bonchev–Trinajstić information content (AvgIpc) is 3.41. The summed E-state index contributed by atoms with van der Waals surface area (Å²) in [6.45, 7) is -0.106. The van der Waals surface area contributed by atoms with Crippen molar-refractivity contribution in [3.8, 4) is 0 Å². The summed E-state index contributed by atoms with van der Waals surface area (Å²) >= 11 is 0. The van der Waals surface area contributed by atoms with Crippen LogP contribution in [0.2, 0.25) is 0 Å². The number of Topliss-reactive ketones (excluding diaryl/α,β-unsaturated/α-hetero) is 1. The molecule has 166 valence electrons. The molecule has 1 aliphatic heterocycles. The van der Waals surface area contributed by atoms with Crippen molar-refractivity contribution in [1.29, 1.82) is 0 Å². The minimum Gasteiger partial charge on any atom is -0.507 e. The SMILES string of the molecule is O=C1C(=O)N(Cc2ccco2)[C@H](c2ccc([N+](=O)[O-])cc2)/C1=C(\O)c1cccc([N+](=O)[O-])c1. The monoisotopic (exact) mass is 449 g/mol. The van der Waals surface area contributed by atoms with Crippen LogP contribution in [-0.2, 0) is 16.1 Å². The summed E-state index contributed by atoms with van der Waals surface area (Å²) in [6, 6.07) is 12.3. The highest BCUT2D eigenvalue weighted by molar-refractivity contribution is 6.46. The Morgan fingerprint density at radius 3 is 2.27 bits per heavy atom. The van der Waals surface area contributed by atoms with Crippen LogP contribution in [0.1, 0.15) is 22.9 Å². The highest BCUT2D eigenvalue weighted by Gasteiger charge is 2.46. The fraction of sp³-hybridized carbons (Fsp3) is 0.0909. The van der Waals surface area contributed by atoms with Crippen molar-refractivity contribution in [2.75, 3.05) is 0 Å². The van der Waals surface area contributed by atoms with Crippen LogP contribution in [0.3, 0.4) is 0 Å². The zero-order valence-corrected chi connectivity index (χ0v) is 16.8. The molecule has 11 heteroatoms. The van der Waals surface area contributed by atoms with Crippen LogP contribution >= 0.6 is 0 Å². The van der Waals surface area contributed by atoms with Crippen LogP contribution < -0.4 is 0 Å². The molecule has 1 N–H and O–H groups in total. The van der Waals surface area contributed by atoms with Crippen LogP contribution in [0.4, 0.5) is 11.4 Å². The van der Waals surface area contributed by atoms with Crippen molar-refractivity contribution < 1.29 is 29.0 Å². The molecular weight excluding hydrogens is 434 g/mol. The van der Waals surface area contributed by atoms with E-state index in [1.807, 2.05) is 0 Å². The van der Waals surface area contributed by atoms with Crippen LogP contribution in [0.25, 0.3) is 5.76 Å². The summed E-state index contributed by atoms with van der Waals surface area (Å²) in [4.78, 5) is 47.9. The smallest absolute Gasteiger partial charge is 0.296 e. The van der Waals surface area contributed by atoms with Gasteiger partial charge in [-0.3, -0.25) is 29.8 Å². The molecule has 0 unspecified atom stereocenters. The molecule has 0 radical (unpaired) electrons. The van der Waals surface area contributed by atoms with E-state index in [0.717, 1.165) is 6.07 Å². The predicted molar refractivity (Wildman–Crippen MR) is 113 cm³/mol. The summed E-state index contributed by atoms with van der Waals surface area (Å²) in [5.41, 5.74) is -0.484. The number of carbonyl (C=O) groups is 2. The molecule has 1 amide bonds. The Morgan fingerprint density at radius 2 is 1.67 bits per heavy atom. The Kier molecular flexibility index (Phi) is 5.44. The Hall–Kier alpha value is -4.80. The molecular formula is C22H15N3O8. The molecule has 0 saturated carbocycles. The number of furan rings is 1. The van der Waals surface area contributed by atoms with Gasteiger partial charge in [0.25, 0.3) is 23.1 Å². The summed E-state index contributed by atoms with van der Waals surface area (Å²) in [6.07, 6.45) is 1.40. The van der Waals surface area contributed by atoms with Crippen molar-refractivity contribution in [3.05, 3.63) is 110 Å². The van der Waals surface area contributed by atoms with E-state index < -0.39 is 33.3 Å². The molecule has 2 aromatic carbocycles. The third-order valence-corrected chi connectivity index (χ3v) is 5.20. The number of nitro benzene ring substituents is 2. The van der Waals surface area contributed by atoms with E-state index in [2.05, 4.69) is 0 Å². The Labute approximate surface area is 185 Å². The van der Waals surface area contributed by atoms with E-state index in [1.54, 1.807) is 12.1 Å². The first-order valence-corrected chi connectivity index (χ1v) is 9.58. The number of amides is 1. The van der Waals surface area contributed by atoms with Gasteiger partial charge in [0.2, 0.25) is 0 Å². The second-order valence-corrected chi connectivity index (χ2v) is 7.16. The summed E-state index contributed by atoms with van der Waals surface area (Å²) < 4.78 is 5.29. The maximum Gasteiger partial charge on any atom is 0.296 e. The zero-order valence-electron chi connectivity index (χ0n) is 16.8. The van der Waals surface area contributed by atoms with Gasteiger partial charge in [-0.25, -0.2) is 0 Å². The minimum absolute atomic E-state index is 0.0212. The summed E-state index contributed by atoms with van der Waals surface area (Å²) in [5, 5.41) is 33.1. The lowest BCUT2D eigenvalue weighted by Gasteiger charge is -2.24. The third-order valence-electron chi connectivity index (χ3n) is 5.20. The highest BCUT2D eigenvalue weighted by atomic mass is 16.6. The number of non-ortho nitro benzene ring substituents is 2. The number of likely N-dealkylation sites (tertiary alicyclic amines) is 1. The van der Waals surface area contributed by atoms with Gasteiger partial charge in [0, 0.05) is 29.8 Å². The van der Waals surface area contributed by atoms with E-state index in [1.165, 1.54) is 53.6 Å². The first-order chi connectivity index (χ1) is 15.8. The van der Waals surface area contributed by atoms with E-state index in [4.69, 9.17) is 4.42 Å². The molecule has 11 nitrogen and oxygen atoms in total. The summed E-state index contributed by atoms with van der Waals surface area (Å²) in [5.74, 6) is -2.13. The molecule has 3 aromatic rings. The highest BCUT2D eigenvalue weighted by Crippen LogP contribution is 2.41. The Balaban J connectivity index is 1.87. The van der Waals surface area contributed by atoms with E-state index in [-0.39, 0.29) is 29.1 Å². The number of ketones is 1. The standard InChI is InChI=1S/C22H15N3O8/c26-20(14-3-1-4-16(11-14)25(31)32)18-19(13-6-8-15(9-7-13)24(29)30)23(22(28)21(18)27)12-17-5-2-10-33-17/h1-11,19,26H,12H2/b20-18+/t19-/m1/s1. The lowest BCUT2D eigenvalue weighted by molar-refractivity contribution is -0.385. The molecule has 1 aliphatic rings. The van der Waals surface area contributed by atoms with Gasteiger partial charge >= 0.3 is 0 Å². The Morgan fingerprint density at radius 1 is 0.970 bits per heavy atom. The number of aliphatic hydroxyl groups excluding tert-OH is 1. The number of benzene rings is 2. The van der Waals surface area contributed by atoms with Gasteiger partial charge in [-0.05, 0) is 29.8 Å². The second-order valence-electron chi connectivity index (χ2n) is 7.16. The van der Waals surface area contributed by atoms with Gasteiger partial charge in [-0.1, -0.05) is 12.1 Å². The maximum atomic E-state index is 13.0. The normalized spacial score (nSPS) is 17.3. The van der Waals surface area contributed by atoms with Crippen LogP contribution in [0, 0.1) is 20.2 Å².